The van der Waals surface area contributed by atoms with E-state index in [1.165, 1.54) is 5.56 Å². The van der Waals surface area contributed by atoms with Crippen molar-refractivity contribution in [1.29, 1.82) is 0 Å². The Kier molecular flexibility index (Phi) is 4.59. The molecule has 1 amide bonds. The molecule has 1 aliphatic carbocycles. The topological polar surface area (TPSA) is 46.3 Å². The lowest BCUT2D eigenvalue weighted by Crippen LogP contribution is -2.43. The van der Waals surface area contributed by atoms with E-state index in [0.29, 0.717) is 11.9 Å². The molecule has 3 atom stereocenters. The molecule has 3 nitrogen and oxygen atoms in total. The van der Waals surface area contributed by atoms with Crippen LogP contribution < -0.4 is 5.73 Å². The van der Waals surface area contributed by atoms with Crippen molar-refractivity contribution in [1.82, 2.24) is 4.90 Å². The Bertz CT molecular complexity index is 473. The van der Waals surface area contributed by atoms with E-state index in [9.17, 15) is 4.79 Å². The summed E-state index contributed by atoms with van der Waals surface area (Å²) >= 11 is 0. The zero-order valence-corrected chi connectivity index (χ0v) is 12.7. The van der Waals surface area contributed by atoms with E-state index in [2.05, 4.69) is 29.2 Å². The summed E-state index contributed by atoms with van der Waals surface area (Å²) in [6, 6.07) is 11.1. The van der Waals surface area contributed by atoms with Crippen LogP contribution in [0.15, 0.2) is 30.3 Å². The lowest BCUT2D eigenvalue weighted by atomic mass is 9.85. The fraction of sp³-hybridized carbons (Fsp3) is 0.611. The molecule has 1 aromatic rings. The molecule has 3 rings (SSSR count). The van der Waals surface area contributed by atoms with Crippen LogP contribution in [0.25, 0.3) is 0 Å². The molecule has 1 aromatic carbocycles. The number of likely N-dealkylation sites (tertiary alicyclic amines) is 1. The van der Waals surface area contributed by atoms with E-state index in [1.54, 1.807) is 0 Å². The maximum atomic E-state index is 12.8. The van der Waals surface area contributed by atoms with Crippen LogP contribution in [0.4, 0.5) is 0 Å². The van der Waals surface area contributed by atoms with Crippen molar-refractivity contribution in [3.63, 3.8) is 0 Å². The Morgan fingerprint density at radius 1 is 1.14 bits per heavy atom. The van der Waals surface area contributed by atoms with Gasteiger partial charge in [0, 0.05) is 24.5 Å². The van der Waals surface area contributed by atoms with Crippen LogP contribution in [0.3, 0.4) is 0 Å². The molecule has 2 fully saturated rings. The fourth-order valence-corrected chi connectivity index (χ4v) is 3.91. The number of nitrogens with zero attached hydrogens (tertiary/aromatic N) is 1. The standard InChI is InChI=1S/C18H26N2O/c19-16-9-4-8-15(13-16)18(21)20-11-5-10-17(20)12-14-6-2-1-3-7-14/h1-3,6-7,15-17H,4-5,8-13,19H2. The van der Waals surface area contributed by atoms with Crippen molar-refractivity contribution in [2.75, 3.05) is 6.54 Å². The van der Waals surface area contributed by atoms with E-state index >= 15 is 0 Å². The highest BCUT2D eigenvalue weighted by molar-refractivity contribution is 5.79. The Morgan fingerprint density at radius 2 is 1.95 bits per heavy atom. The first-order chi connectivity index (χ1) is 10.2. The van der Waals surface area contributed by atoms with Gasteiger partial charge in [0.15, 0.2) is 0 Å². The molecule has 114 valence electrons. The Morgan fingerprint density at radius 3 is 2.71 bits per heavy atom. The van der Waals surface area contributed by atoms with Gasteiger partial charge in [-0.2, -0.15) is 0 Å². The van der Waals surface area contributed by atoms with Crippen LogP contribution in [0, 0.1) is 5.92 Å². The van der Waals surface area contributed by atoms with Crippen LogP contribution in [0.5, 0.6) is 0 Å². The van der Waals surface area contributed by atoms with Crippen molar-refractivity contribution >= 4 is 5.91 Å². The first-order valence-electron chi connectivity index (χ1n) is 8.34. The maximum Gasteiger partial charge on any atom is 0.225 e. The molecule has 1 heterocycles. The SMILES string of the molecule is NC1CCCC(C(=O)N2CCCC2Cc2ccccc2)C1. The van der Waals surface area contributed by atoms with E-state index < -0.39 is 0 Å². The van der Waals surface area contributed by atoms with Gasteiger partial charge in [0.1, 0.15) is 0 Å². The minimum Gasteiger partial charge on any atom is -0.339 e. The van der Waals surface area contributed by atoms with E-state index in [4.69, 9.17) is 5.73 Å². The number of hydrogen-bond donors (Lipinski definition) is 1. The lowest BCUT2D eigenvalue weighted by molar-refractivity contribution is -0.137. The maximum absolute atomic E-state index is 12.8. The molecule has 0 radical (unpaired) electrons. The zero-order valence-electron chi connectivity index (χ0n) is 12.7. The summed E-state index contributed by atoms with van der Waals surface area (Å²) in [5, 5.41) is 0. The Balaban J connectivity index is 1.64. The lowest BCUT2D eigenvalue weighted by Gasteiger charge is -2.32. The highest BCUT2D eigenvalue weighted by atomic mass is 16.2. The smallest absolute Gasteiger partial charge is 0.225 e. The van der Waals surface area contributed by atoms with Crippen molar-refractivity contribution in [2.45, 2.75) is 57.0 Å². The van der Waals surface area contributed by atoms with Crippen LogP contribution in [-0.4, -0.2) is 29.4 Å². The summed E-state index contributed by atoms with van der Waals surface area (Å²) < 4.78 is 0. The minimum absolute atomic E-state index is 0.171. The van der Waals surface area contributed by atoms with E-state index in [1.807, 2.05) is 6.07 Å². The molecule has 1 saturated heterocycles. The minimum atomic E-state index is 0.171. The quantitative estimate of drug-likeness (QED) is 0.928. The van der Waals surface area contributed by atoms with Crippen molar-refractivity contribution < 1.29 is 4.79 Å². The number of benzene rings is 1. The summed E-state index contributed by atoms with van der Waals surface area (Å²) in [6.45, 7) is 0.933. The molecule has 3 unspecified atom stereocenters. The third-order valence-corrected chi connectivity index (χ3v) is 5.04. The monoisotopic (exact) mass is 286 g/mol. The summed E-state index contributed by atoms with van der Waals surface area (Å²) in [7, 11) is 0. The number of carbonyl (C=O) groups is 1. The van der Waals surface area contributed by atoms with Gasteiger partial charge in [0.05, 0.1) is 0 Å². The molecule has 0 spiro atoms. The molecule has 3 heteroatoms. The number of nitrogens with two attached hydrogens (primary N) is 1. The molecular formula is C18H26N2O. The first kappa shape index (κ1) is 14.6. The van der Waals surface area contributed by atoms with Gasteiger partial charge in [-0.05, 0) is 44.1 Å². The zero-order chi connectivity index (χ0) is 14.7. The predicted octanol–water partition coefficient (Wildman–Crippen LogP) is 2.74. The molecule has 0 aromatic heterocycles. The number of rotatable bonds is 3. The van der Waals surface area contributed by atoms with E-state index in [-0.39, 0.29) is 12.0 Å². The predicted molar refractivity (Wildman–Crippen MR) is 84.8 cm³/mol. The van der Waals surface area contributed by atoms with Gasteiger partial charge in [-0.25, -0.2) is 0 Å². The molecular weight excluding hydrogens is 260 g/mol. The highest BCUT2D eigenvalue weighted by Crippen LogP contribution is 2.29. The van der Waals surface area contributed by atoms with Gasteiger partial charge in [-0.15, -0.1) is 0 Å². The number of carbonyl (C=O) groups excluding carboxylic acids is 1. The normalized spacial score (nSPS) is 29.6. The van der Waals surface area contributed by atoms with Crippen LogP contribution in [-0.2, 0) is 11.2 Å². The molecule has 0 bridgehead atoms. The fourth-order valence-electron chi connectivity index (χ4n) is 3.91. The van der Waals surface area contributed by atoms with Crippen molar-refractivity contribution in [2.24, 2.45) is 11.7 Å². The van der Waals surface area contributed by atoms with Gasteiger partial charge in [0.2, 0.25) is 5.91 Å². The first-order valence-corrected chi connectivity index (χ1v) is 8.34. The van der Waals surface area contributed by atoms with Crippen LogP contribution in [0.2, 0.25) is 0 Å². The average molecular weight is 286 g/mol. The van der Waals surface area contributed by atoms with Gasteiger partial charge in [-0.3, -0.25) is 4.79 Å². The van der Waals surface area contributed by atoms with Crippen LogP contribution in [0.1, 0.15) is 44.1 Å². The van der Waals surface area contributed by atoms with Crippen LogP contribution >= 0.6 is 0 Å². The number of amides is 1. The third kappa shape index (κ3) is 3.46. The third-order valence-electron chi connectivity index (χ3n) is 5.04. The molecule has 21 heavy (non-hydrogen) atoms. The summed E-state index contributed by atoms with van der Waals surface area (Å²) in [4.78, 5) is 15.0. The Hall–Kier alpha value is -1.35. The summed E-state index contributed by atoms with van der Waals surface area (Å²) in [5.74, 6) is 0.536. The summed E-state index contributed by atoms with van der Waals surface area (Å²) in [5.41, 5.74) is 7.38. The second kappa shape index (κ2) is 6.61. The molecule has 2 aliphatic rings. The Labute approximate surface area is 127 Å². The highest BCUT2D eigenvalue weighted by Gasteiger charge is 2.34. The van der Waals surface area contributed by atoms with Gasteiger partial charge >= 0.3 is 0 Å². The van der Waals surface area contributed by atoms with Gasteiger partial charge < -0.3 is 10.6 Å². The number of hydrogen-bond acceptors (Lipinski definition) is 2. The molecule has 2 N–H and O–H groups in total. The second-order valence-electron chi connectivity index (χ2n) is 6.64. The van der Waals surface area contributed by atoms with Gasteiger partial charge in [0.25, 0.3) is 0 Å². The van der Waals surface area contributed by atoms with Crippen molar-refractivity contribution in [3.8, 4) is 0 Å². The van der Waals surface area contributed by atoms with Crippen molar-refractivity contribution in [3.05, 3.63) is 35.9 Å². The van der Waals surface area contributed by atoms with Gasteiger partial charge in [-0.1, -0.05) is 36.8 Å². The molecule has 1 aliphatic heterocycles. The molecule has 1 saturated carbocycles. The second-order valence-corrected chi connectivity index (χ2v) is 6.64. The van der Waals surface area contributed by atoms with E-state index in [0.717, 1.165) is 51.5 Å². The largest absolute Gasteiger partial charge is 0.339 e. The summed E-state index contributed by atoms with van der Waals surface area (Å²) in [6.07, 6.45) is 7.37. The average Bonchev–Trinajstić information content (AvgIpc) is 2.95.